The van der Waals surface area contributed by atoms with Gasteiger partial charge in [0.15, 0.2) is 0 Å². The molecule has 2 heteroatoms. The van der Waals surface area contributed by atoms with E-state index >= 15 is 0 Å². The fraction of sp³-hybridized carbons (Fsp3) is 0.0769. The van der Waals surface area contributed by atoms with E-state index in [1.807, 2.05) is 42.5 Å². The summed E-state index contributed by atoms with van der Waals surface area (Å²) in [5, 5.41) is 3.58. The second-order valence-corrected chi connectivity index (χ2v) is 6.69. The Hall–Kier alpha value is -3.52. The first-order valence-corrected chi connectivity index (χ1v) is 9.55. The molecule has 1 N–H and O–H groups in total. The molecule has 0 fully saturated rings. The number of hydrogen-bond donors (Lipinski definition) is 1. The van der Waals surface area contributed by atoms with Crippen LogP contribution in [-0.2, 0) is 0 Å². The molecule has 4 rings (SSSR count). The van der Waals surface area contributed by atoms with Crippen molar-refractivity contribution in [2.75, 3.05) is 11.9 Å². The van der Waals surface area contributed by atoms with E-state index in [-0.39, 0.29) is 0 Å². The Bertz CT molecular complexity index is 928. The van der Waals surface area contributed by atoms with Crippen molar-refractivity contribution in [3.05, 3.63) is 126 Å². The average Bonchev–Trinajstić information content (AvgIpc) is 2.77. The molecular formula is C26H23NO. The Balaban J connectivity index is 1.45. The van der Waals surface area contributed by atoms with Gasteiger partial charge in [0.05, 0.1) is 0 Å². The summed E-state index contributed by atoms with van der Waals surface area (Å²) in [6.07, 6.45) is 0. The lowest BCUT2D eigenvalue weighted by molar-refractivity contribution is 0.483. The summed E-state index contributed by atoms with van der Waals surface area (Å²) < 4.78 is 5.87. The van der Waals surface area contributed by atoms with Crippen LogP contribution in [0, 0.1) is 0 Å². The quantitative estimate of drug-likeness (QED) is 0.392. The van der Waals surface area contributed by atoms with Gasteiger partial charge in [-0.05, 0) is 47.5 Å². The number of ether oxygens (including phenoxy) is 1. The predicted octanol–water partition coefficient (Wildman–Crippen LogP) is 6.72. The van der Waals surface area contributed by atoms with E-state index in [0.717, 1.165) is 23.7 Å². The second-order valence-electron chi connectivity index (χ2n) is 6.69. The maximum absolute atomic E-state index is 5.87. The number of benzene rings is 4. The monoisotopic (exact) mass is 365 g/mol. The van der Waals surface area contributed by atoms with Gasteiger partial charge in [0, 0.05) is 18.2 Å². The van der Waals surface area contributed by atoms with Gasteiger partial charge in [0.2, 0.25) is 0 Å². The molecule has 2 nitrogen and oxygen atoms in total. The van der Waals surface area contributed by atoms with E-state index in [2.05, 4.69) is 78.1 Å². The van der Waals surface area contributed by atoms with Crippen LogP contribution in [0.1, 0.15) is 17.0 Å². The number of rotatable bonds is 7. The van der Waals surface area contributed by atoms with Gasteiger partial charge >= 0.3 is 0 Å². The highest BCUT2D eigenvalue weighted by molar-refractivity contribution is 5.48. The van der Waals surface area contributed by atoms with Crippen LogP contribution < -0.4 is 10.1 Å². The SMILES string of the molecule is c1ccc(Oc2ccc(NCC(c3ccccc3)c3ccccc3)cc2)cc1. The molecule has 138 valence electrons. The molecule has 0 aromatic heterocycles. The van der Waals surface area contributed by atoms with Crippen LogP contribution in [0.25, 0.3) is 0 Å². The summed E-state index contributed by atoms with van der Waals surface area (Å²) in [5.41, 5.74) is 3.70. The third-order valence-electron chi connectivity index (χ3n) is 4.75. The molecule has 4 aromatic rings. The summed E-state index contributed by atoms with van der Waals surface area (Å²) in [6.45, 7) is 0.826. The lowest BCUT2D eigenvalue weighted by Crippen LogP contribution is -2.14. The largest absolute Gasteiger partial charge is 0.457 e. The Labute approximate surface area is 166 Å². The Morgan fingerprint density at radius 2 is 1.00 bits per heavy atom. The van der Waals surface area contributed by atoms with Gasteiger partial charge in [-0.1, -0.05) is 78.9 Å². The third kappa shape index (κ3) is 4.60. The molecule has 0 radical (unpaired) electrons. The van der Waals surface area contributed by atoms with Crippen molar-refractivity contribution in [3.8, 4) is 11.5 Å². The van der Waals surface area contributed by atoms with Crippen LogP contribution in [0.4, 0.5) is 5.69 Å². The summed E-state index contributed by atoms with van der Waals surface area (Å²) in [6, 6.07) is 39.2. The zero-order valence-electron chi connectivity index (χ0n) is 15.7. The summed E-state index contributed by atoms with van der Waals surface area (Å²) >= 11 is 0. The number of nitrogens with one attached hydrogen (secondary N) is 1. The highest BCUT2D eigenvalue weighted by Gasteiger charge is 2.13. The zero-order chi connectivity index (χ0) is 19.0. The van der Waals surface area contributed by atoms with Crippen molar-refractivity contribution in [3.63, 3.8) is 0 Å². The minimum atomic E-state index is 0.294. The fourth-order valence-electron chi connectivity index (χ4n) is 3.28. The molecule has 0 aliphatic carbocycles. The van der Waals surface area contributed by atoms with Crippen molar-refractivity contribution in [2.45, 2.75) is 5.92 Å². The topological polar surface area (TPSA) is 21.3 Å². The van der Waals surface area contributed by atoms with Crippen molar-refractivity contribution >= 4 is 5.69 Å². The Kier molecular flexibility index (Phi) is 5.69. The molecule has 28 heavy (non-hydrogen) atoms. The summed E-state index contributed by atoms with van der Waals surface area (Å²) in [4.78, 5) is 0. The molecule has 0 amide bonds. The van der Waals surface area contributed by atoms with E-state index in [1.54, 1.807) is 0 Å². The first kappa shape index (κ1) is 17.9. The zero-order valence-corrected chi connectivity index (χ0v) is 15.7. The molecule has 0 aliphatic heterocycles. The molecule has 0 aliphatic rings. The van der Waals surface area contributed by atoms with E-state index in [0.29, 0.717) is 5.92 Å². The predicted molar refractivity (Wildman–Crippen MR) is 116 cm³/mol. The number of hydrogen-bond acceptors (Lipinski definition) is 2. The van der Waals surface area contributed by atoms with Crippen LogP contribution in [0.5, 0.6) is 11.5 Å². The number of para-hydroxylation sites is 1. The minimum absolute atomic E-state index is 0.294. The lowest BCUT2D eigenvalue weighted by Gasteiger charge is -2.19. The molecule has 0 heterocycles. The van der Waals surface area contributed by atoms with E-state index in [1.165, 1.54) is 11.1 Å². The smallest absolute Gasteiger partial charge is 0.127 e. The standard InChI is InChI=1S/C26H23NO/c1-4-10-21(11-5-1)26(22-12-6-2-7-13-22)20-27-23-16-18-25(19-17-23)28-24-14-8-3-9-15-24/h1-19,26-27H,20H2. The first-order chi connectivity index (χ1) is 13.9. The molecular weight excluding hydrogens is 342 g/mol. The fourth-order valence-corrected chi connectivity index (χ4v) is 3.28. The second kappa shape index (κ2) is 8.92. The molecule has 4 aromatic carbocycles. The van der Waals surface area contributed by atoms with Gasteiger partial charge in [0.1, 0.15) is 11.5 Å². The van der Waals surface area contributed by atoms with Gasteiger partial charge in [-0.2, -0.15) is 0 Å². The maximum Gasteiger partial charge on any atom is 0.127 e. The minimum Gasteiger partial charge on any atom is -0.457 e. The normalized spacial score (nSPS) is 10.6. The lowest BCUT2D eigenvalue weighted by atomic mass is 9.91. The maximum atomic E-state index is 5.87. The molecule has 0 atom stereocenters. The van der Waals surface area contributed by atoms with Crippen molar-refractivity contribution in [2.24, 2.45) is 0 Å². The van der Waals surface area contributed by atoms with Crippen LogP contribution in [0.2, 0.25) is 0 Å². The van der Waals surface area contributed by atoms with Crippen molar-refractivity contribution in [1.82, 2.24) is 0 Å². The van der Waals surface area contributed by atoms with Crippen LogP contribution in [-0.4, -0.2) is 6.54 Å². The summed E-state index contributed by atoms with van der Waals surface area (Å²) in [5.74, 6) is 1.97. The van der Waals surface area contributed by atoms with Crippen molar-refractivity contribution < 1.29 is 4.74 Å². The van der Waals surface area contributed by atoms with Crippen LogP contribution in [0.3, 0.4) is 0 Å². The molecule has 0 bridgehead atoms. The van der Waals surface area contributed by atoms with Gasteiger partial charge in [0.25, 0.3) is 0 Å². The van der Waals surface area contributed by atoms with Gasteiger partial charge in [-0.3, -0.25) is 0 Å². The van der Waals surface area contributed by atoms with Gasteiger partial charge in [-0.25, -0.2) is 0 Å². The average molecular weight is 365 g/mol. The van der Waals surface area contributed by atoms with E-state index < -0.39 is 0 Å². The van der Waals surface area contributed by atoms with Gasteiger partial charge in [-0.15, -0.1) is 0 Å². The highest BCUT2D eigenvalue weighted by Crippen LogP contribution is 2.26. The number of anilines is 1. The van der Waals surface area contributed by atoms with Crippen LogP contribution in [0.15, 0.2) is 115 Å². The Morgan fingerprint density at radius 1 is 0.536 bits per heavy atom. The Morgan fingerprint density at radius 3 is 1.54 bits per heavy atom. The van der Waals surface area contributed by atoms with Crippen molar-refractivity contribution in [1.29, 1.82) is 0 Å². The van der Waals surface area contributed by atoms with E-state index in [9.17, 15) is 0 Å². The summed E-state index contributed by atoms with van der Waals surface area (Å²) in [7, 11) is 0. The molecule has 0 spiro atoms. The van der Waals surface area contributed by atoms with Crippen LogP contribution >= 0.6 is 0 Å². The van der Waals surface area contributed by atoms with E-state index in [4.69, 9.17) is 4.74 Å². The molecule has 0 saturated heterocycles. The third-order valence-corrected chi connectivity index (χ3v) is 4.75. The molecule has 0 saturated carbocycles. The molecule has 0 unspecified atom stereocenters. The van der Waals surface area contributed by atoms with Gasteiger partial charge < -0.3 is 10.1 Å². The highest BCUT2D eigenvalue weighted by atomic mass is 16.5. The first-order valence-electron chi connectivity index (χ1n) is 9.55.